The van der Waals surface area contributed by atoms with Crippen LogP contribution in [-0.2, 0) is 21.2 Å². The zero-order valence-electron chi connectivity index (χ0n) is 17.5. The molecule has 1 N–H and O–H groups in total. The fourth-order valence-electron chi connectivity index (χ4n) is 4.09. The number of carbonyl (C=O) groups excluding carboxylic acids is 1. The van der Waals surface area contributed by atoms with E-state index in [0.717, 1.165) is 30.5 Å². The lowest BCUT2D eigenvalue weighted by Gasteiger charge is -2.19. The molecule has 1 amide bonds. The third-order valence-corrected chi connectivity index (χ3v) is 7.61. The minimum absolute atomic E-state index is 0.0926. The zero-order chi connectivity index (χ0) is 21.7. The predicted molar refractivity (Wildman–Crippen MR) is 121 cm³/mol. The molecule has 2 aliphatic rings. The van der Waals surface area contributed by atoms with Gasteiger partial charge in [0.1, 0.15) is 5.75 Å². The second-order valence-corrected chi connectivity index (χ2v) is 9.79. The third kappa shape index (κ3) is 5.10. The van der Waals surface area contributed by atoms with Crippen molar-refractivity contribution in [3.8, 4) is 5.75 Å². The Morgan fingerprint density at radius 2 is 1.84 bits per heavy atom. The van der Waals surface area contributed by atoms with Crippen molar-refractivity contribution < 1.29 is 17.9 Å². The average Bonchev–Trinajstić information content (AvgIpc) is 3.24. The van der Waals surface area contributed by atoms with Gasteiger partial charge in [0.15, 0.2) is 6.61 Å². The summed E-state index contributed by atoms with van der Waals surface area (Å²) in [5.74, 6) is 0.285. The number of ether oxygens (including phenoxy) is 1. The Balaban J connectivity index is 1.29. The number of amides is 1. The summed E-state index contributed by atoms with van der Waals surface area (Å²) < 4.78 is 33.1. The molecule has 0 unspecified atom stereocenters. The summed E-state index contributed by atoms with van der Waals surface area (Å²) in [5.41, 5.74) is 3.20. The second-order valence-electron chi connectivity index (χ2n) is 7.92. The molecule has 1 heterocycles. The van der Waals surface area contributed by atoms with Gasteiger partial charge in [0, 0.05) is 13.1 Å². The summed E-state index contributed by atoms with van der Waals surface area (Å²) in [6.07, 6.45) is 8.64. The largest absolute Gasteiger partial charge is 0.484 e. The van der Waals surface area contributed by atoms with Gasteiger partial charge in [-0.2, -0.15) is 0 Å². The number of allylic oxidation sites excluding steroid dienone is 1. The number of carbonyl (C=O) groups is 1. The molecule has 164 valence electrons. The van der Waals surface area contributed by atoms with Gasteiger partial charge in [0.2, 0.25) is 0 Å². The summed E-state index contributed by atoms with van der Waals surface area (Å²) >= 11 is 0. The molecule has 4 rings (SSSR count). The van der Waals surface area contributed by atoms with E-state index in [1.807, 2.05) is 24.3 Å². The smallest absolute Gasteiger partial charge is 0.264 e. The molecule has 0 fully saturated rings. The van der Waals surface area contributed by atoms with E-state index >= 15 is 0 Å². The second kappa shape index (κ2) is 9.56. The van der Waals surface area contributed by atoms with Gasteiger partial charge in [-0.25, -0.2) is 8.42 Å². The number of para-hydroxylation sites is 1. The van der Waals surface area contributed by atoms with Crippen LogP contribution in [0.3, 0.4) is 0 Å². The summed E-state index contributed by atoms with van der Waals surface area (Å²) in [4.78, 5) is 12.2. The van der Waals surface area contributed by atoms with E-state index in [9.17, 15) is 13.2 Å². The maximum Gasteiger partial charge on any atom is 0.264 e. The number of hydrogen-bond donors (Lipinski definition) is 1. The lowest BCUT2D eigenvalue weighted by molar-refractivity contribution is -0.123. The van der Waals surface area contributed by atoms with Crippen LogP contribution >= 0.6 is 0 Å². The van der Waals surface area contributed by atoms with Crippen molar-refractivity contribution in [3.05, 3.63) is 65.7 Å². The predicted octanol–water partition coefficient (Wildman–Crippen LogP) is 3.82. The van der Waals surface area contributed by atoms with E-state index in [-0.39, 0.29) is 17.4 Å². The SMILES string of the molecule is O=C(COc1ccc(S(=O)(=O)N2CCc3ccccc32)cc1)NCCC1=CCCCC1. The van der Waals surface area contributed by atoms with E-state index in [4.69, 9.17) is 4.74 Å². The first kappa shape index (κ1) is 21.4. The van der Waals surface area contributed by atoms with Gasteiger partial charge in [0.25, 0.3) is 15.9 Å². The Labute approximate surface area is 184 Å². The highest BCUT2D eigenvalue weighted by Gasteiger charge is 2.30. The minimum Gasteiger partial charge on any atom is -0.484 e. The fraction of sp³-hybridized carbons (Fsp3) is 0.375. The molecule has 6 nitrogen and oxygen atoms in total. The minimum atomic E-state index is -3.63. The average molecular weight is 441 g/mol. The molecule has 31 heavy (non-hydrogen) atoms. The van der Waals surface area contributed by atoms with Crippen LogP contribution in [0.2, 0.25) is 0 Å². The Kier molecular flexibility index (Phi) is 6.61. The Morgan fingerprint density at radius 1 is 1.03 bits per heavy atom. The van der Waals surface area contributed by atoms with E-state index in [2.05, 4.69) is 11.4 Å². The molecule has 1 aliphatic heterocycles. The van der Waals surface area contributed by atoms with Crippen LogP contribution in [0.1, 0.15) is 37.7 Å². The Bertz CT molecular complexity index is 1060. The van der Waals surface area contributed by atoms with Gasteiger partial charge < -0.3 is 10.1 Å². The summed E-state index contributed by atoms with van der Waals surface area (Å²) in [7, 11) is -3.63. The highest BCUT2D eigenvalue weighted by atomic mass is 32.2. The molecule has 0 saturated heterocycles. The van der Waals surface area contributed by atoms with Crippen LogP contribution in [0, 0.1) is 0 Å². The van der Waals surface area contributed by atoms with Crippen LogP contribution in [0.25, 0.3) is 0 Å². The fourth-order valence-corrected chi connectivity index (χ4v) is 5.59. The number of nitrogens with zero attached hydrogens (tertiary/aromatic N) is 1. The van der Waals surface area contributed by atoms with Crippen molar-refractivity contribution >= 4 is 21.6 Å². The lowest BCUT2D eigenvalue weighted by Crippen LogP contribution is -2.30. The third-order valence-electron chi connectivity index (χ3n) is 5.78. The number of sulfonamides is 1. The molecule has 7 heteroatoms. The Morgan fingerprint density at radius 3 is 2.61 bits per heavy atom. The molecule has 0 aromatic heterocycles. The van der Waals surface area contributed by atoms with Crippen molar-refractivity contribution in [1.29, 1.82) is 0 Å². The first-order chi connectivity index (χ1) is 15.0. The highest BCUT2D eigenvalue weighted by Crippen LogP contribution is 2.33. The van der Waals surface area contributed by atoms with Crippen molar-refractivity contribution in [2.24, 2.45) is 0 Å². The number of rotatable bonds is 8. The van der Waals surface area contributed by atoms with Gasteiger partial charge in [-0.15, -0.1) is 0 Å². The molecule has 0 atom stereocenters. The molecule has 0 radical (unpaired) electrons. The molecular weight excluding hydrogens is 412 g/mol. The molecule has 0 saturated carbocycles. The summed E-state index contributed by atoms with van der Waals surface area (Å²) in [6.45, 7) is 0.962. The van der Waals surface area contributed by atoms with Crippen LogP contribution in [0.4, 0.5) is 5.69 Å². The van der Waals surface area contributed by atoms with Crippen molar-refractivity contribution in [1.82, 2.24) is 5.32 Å². The standard InChI is InChI=1S/C24H28N2O4S/c27-24(25-16-14-19-6-2-1-3-7-19)18-30-21-10-12-22(13-11-21)31(28,29)26-17-15-20-8-4-5-9-23(20)26/h4-6,8-13H,1-3,7,14-18H2,(H,25,27). The van der Waals surface area contributed by atoms with Gasteiger partial charge in [0.05, 0.1) is 10.6 Å². The van der Waals surface area contributed by atoms with Gasteiger partial charge >= 0.3 is 0 Å². The Hall–Kier alpha value is -2.80. The molecule has 1 aliphatic carbocycles. The maximum absolute atomic E-state index is 13.0. The van der Waals surface area contributed by atoms with Crippen molar-refractivity contribution in [2.75, 3.05) is 24.0 Å². The van der Waals surface area contributed by atoms with Gasteiger partial charge in [-0.05, 0) is 74.4 Å². The topological polar surface area (TPSA) is 75.7 Å². The number of nitrogens with one attached hydrogen (secondary N) is 1. The van der Waals surface area contributed by atoms with Crippen molar-refractivity contribution in [2.45, 2.75) is 43.4 Å². The first-order valence-corrected chi connectivity index (χ1v) is 12.3. The molecular formula is C24H28N2O4S. The quantitative estimate of drug-likeness (QED) is 0.633. The van der Waals surface area contributed by atoms with Crippen LogP contribution < -0.4 is 14.4 Å². The van der Waals surface area contributed by atoms with E-state index in [1.165, 1.54) is 34.9 Å². The monoisotopic (exact) mass is 440 g/mol. The number of fused-ring (bicyclic) bond motifs is 1. The van der Waals surface area contributed by atoms with Crippen LogP contribution in [-0.4, -0.2) is 34.0 Å². The number of anilines is 1. The number of hydrogen-bond acceptors (Lipinski definition) is 4. The molecule has 2 aromatic rings. The summed E-state index contributed by atoms with van der Waals surface area (Å²) in [5, 5.41) is 2.88. The van der Waals surface area contributed by atoms with E-state index in [1.54, 1.807) is 12.1 Å². The molecule has 0 bridgehead atoms. The van der Waals surface area contributed by atoms with Crippen LogP contribution in [0.15, 0.2) is 65.1 Å². The molecule has 2 aromatic carbocycles. The van der Waals surface area contributed by atoms with Crippen molar-refractivity contribution in [3.63, 3.8) is 0 Å². The lowest BCUT2D eigenvalue weighted by atomic mass is 9.97. The van der Waals surface area contributed by atoms with Gasteiger partial charge in [-0.3, -0.25) is 9.10 Å². The first-order valence-electron chi connectivity index (χ1n) is 10.8. The van der Waals surface area contributed by atoms with E-state index in [0.29, 0.717) is 25.3 Å². The highest BCUT2D eigenvalue weighted by molar-refractivity contribution is 7.92. The van der Waals surface area contributed by atoms with Gasteiger partial charge in [-0.1, -0.05) is 29.8 Å². The zero-order valence-corrected chi connectivity index (χ0v) is 18.4. The molecule has 0 spiro atoms. The van der Waals surface area contributed by atoms with E-state index < -0.39 is 10.0 Å². The summed E-state index contributed by atoms with van der Waals surface area (Å²) in [6, 6.07) is 13.8. The normalized spacial score (nSPS) is 15.9. The van der Waals surface area contributed by atoms with Crippen LogP contribution in [0.5, 0.6) is 5.75 Å². The maximum atomic E-state index is 13.0. The number of benzene rings is 2.